The summed E-state index contributed by atoms with van der Waals surface area (Å²) in [6.07, 6.45) is 3.43. The fourth-order valence-corrected chi connectivity index (χ4v) is 4.00. The lowest BCUT2D eigenvalue weighted by Gasteiger charge is -2.23. The van der Waals surface area contributed by atoms with Gasteiger partial charge in [0, 0.05) is 29.9 Å². The molecule has 1 heterocycles. The molecule has 2 atom stereocenters. The van der Waals surface area contributed by atoms with Crippen molar-refractivity contribution in [3.05, 3.63) is 71.9 Å². The normalized spacial score (nSPS) is 12.8. The molecule has 7 nitrogen and oxygen atoms in total. The zero-order valence-corrected chi connectivity index (χ0v) is 20.0. The van der Waals surface area contributed by atoms with Crippen molar-refractivity contribution in [1.82, 2.24) is 15.6 Å². The van der Waals surface area contributed by atoms with Crippen LogP contribution in [0.4, 0.5) is 0 Å². The Morgan fingerprint density at radius 2 is 1.65 bits per heavy atom. The van der Waals surface area contributed by atoms with Crippen molar-refractivity contribution < 1.29 is 19.1 Å². The molecule has 0 bridgehead atoms. The van der Waals surface area contributed by atoms with Gasteiger partial charge in [-0.15, -0.1) is 0 Å². The third-order valence-electron chi connectivity index (χ3n) is 5.74. The molecule has 2 amide bonds. The van der Waals surface area contributed by atoms with Crippen molar-refractivity contribution in [2.45, 2.75) is 51.6 Å². The van der Waals surface area contributed by atoms with Gasteiger partial charge in [0.2, 0.25) is 11.8 Å². The molecule has 0 aliphatic rings. The van der Waals surface area contributed by atoms with E-state index in [2.05, 4.69) is 15.6 Å². The maximum absolute atomic E-state index is 13.3. The monoisotopic (exact) mass is 463 g/mol. The molecule has 0 unspecified atom stereocenters. The molecule has 3 aromatic rings. The van der Waals surface area contributed by atoms with Crippen LogP contribution in [-0.2, 0) is 32.0 Å². The zero-order valence-electron chi connectivity index (χ0n) is 20.0. The van der Waals surface area contributed by atoms with Gasteiger partial charge in [0.1, 0.15) is 12.1 Å². The van der Waals surface area contributed by atoms with Crippen LogP contribution in [-0.4, -0.2) is 42.0 Å². The van der Waals surface area contributed by atoms with Crippen LogP contribution in [0.3, 0.4) is 0 Å². The molecule has 0 aliphatic carbocycles. The van der Waals surface area contributed by atoms with Gasteiger partial charge in [-0.1, -0.05) is 62.4 Å². The molecule has 0 saturated heterocycles. The lowest BCUT2D eigenvalue weighted by atomic mass is 10.0. The summed E-state index contributed by atoms with van der Waals surface area (Å²) in [5.41, 5.74) is 2.93. The van der Waals surface area contributed by atoms with Gasteiger partial charge in [-0.3, -0.25) is 9.59 Å². The number of hydrogen-bond donors (Lipinski definition) is 3. The second-order valence-electron chi connectivity index (χ2n) is 8.88. The van der Waals surface area contributed by atoms with Crippen molar-refractivity contribution in [3.8, 4) is 0 Å². The molecule has 3 N–H and O–H groups in total. The largest absolute Gasteiger partial charge is 0.467 e. The maximum Gasteiger partial charge on any atom is 0.328 e. The quantitative estimate of drug-likeness (QED) is 0.379. The van der Waals surface area contributed by atoms with E-state index >= 15 is 0 Å². The number of aromatic nitrogens is 1. The van der Waals surface area contributed by atoms with E-state index in [0.717, 1.165) is 22.0 Å². The Morgan fingerprint density at radius 1 is 0.941 bits per heavy atom. The highest BCUT2D eigenvalue weighted by molar-refractivity contribution is 5.92. The van der Waals surface area contributed by atoms with Gasteiger partial charge >= 0.3 is 5.97 Å². The highest BCUT2D eigenvalue weighted by atomic mass is 16.5. The van der Waals surface area contributed by atoms with Gasteiger partial charge in [-0.05, 0) is 36.0 Å². The highest BCUT2D eigenvalue weighted by Crippen LogP contribution is 2.19. The standard InChI is InChI=1S/C27H33N3O4/c1-18(2)15-24(27(33)34-3)30-26(32)23(16-20-17-28-22-12-8-7-11-21(20)22)29-25(31)14-13-19-9-5-4-6-10-19/h4-12,17-18,23-24,28H,13-16H2,1-3H3,(H,29,31)(H,30,32)/t23-,24-/m0/s1. The van der Waals surface area contributed by atoms with Crippen molar-refractivity contribution in [2.24, 2.45) is 5.92 Å². The molecule has 7 heteroatoms. The van der Waals surface area contributed by atoms with Gasteiger partial charge in [0.25, 0.3) is 0 Å². The minimum Gasteiger partial charge on any atom is -0.467 e. The molecule has 34 heavy (non-hydrogen) atoms. The number of amides is 2. The molecule has 0 fully saturated rings. The first kappa shape index (κ1) is 25.0. The van der Waals surface area contributed by atoms with Gasteiger partial charge in [-0.2, -0.15) is 0 Å². The predicted octanol–water partition coefficient (Wildman–Crippen LogP) is 3.53. The molecule has 0 saturated carbocycles. The van der Waals surface area contributed by atoms with E-state index in [0.29, 0.717) is 19.3 Å². The first-order valence-electron chi connectivity index (χ1n) is 11.6. The molecule has 0 aliphatic heterocycles. The molecule has 3 rings (SSSR count). The van der Waals surface area contributed by atoms with E-state index in [4.69, 9.17) is 4.74 Å². The topological polar surface area (TPSA) is 100 Å². The Kier molecular flexibility index (Phi) is 8.85. The van der Waals surface area contributed by atoms with Gasteiger partial charge < -0.3 is 20.4 Å². The van der Waals surface area contributed by atoms with Crippen molar-refractivity contribution in [1.29, 1.82) is 0 Å². The predicted molar refractivity (Wildman–Crippen MR) is 132 cm³/mol. The molecule has 0 radical (unpaired) electrons. The number of nitrogens with one attached hydrogen (secondary N) is 3. The maximum atomic E-state index is 13.3. The third-order valence-corrected chi connectivity index (χ3v) is 5.74. The number of carbonyl (C=O) groups excluding carboxylic acids is 3. The third kappa shape index (κ3) is 6.94. The van der Waals surface area contributed by atoms with E-state index < -0.39 is 24.0 Å². The SMILES string of the molecule is COC(=O)[C@H](CC(C)C)NC(=O)[C@H](Cc1c[nH]c2ccccc12)NC(=O)CCc1ccccc1. The van der Waals surface area contributed by atoms with Gasteiger partial charge in [0.05, 0.1) is 7.11 Å². The number of fused-ring (bicyclic) bond motifs is 1. The van der Waals surface area contributed by atoms with Gasteiger partial charge in [0.15, 0.2) is 0 Å². The molecule has 2 aromatic carbocycles. The number of carbonyl (C=O) groups is 3. The van der Waals surface area contributed by atoms with E-state index in [9.17, 15) is 14.4 Å². The molecular weight excluding hydrogens is 430 g/mol. The molecular formula is C27H33N3O4. The fraction of sp³-hybridized carbons (Fsp3) is 0.370. The lowest BCUT2D eigenvalue weighted by molar-refractivity contribution is -0.145. The van der Waals surface area contributed by atoms with Crippen LogP contribution in [0.2, 0.25) is 0 Å². The fourth-order valence-electron chi connectivity index (χ4n) is 4.00. The highest BCUT2D eigenvalue weighted by Gasteiger charge is 2.28. The van der Waals surface area contributed by atoms with Crippen molar-refractivity contribution >= 4 is 28.7 Å². The number of aromatic amines is 1. The van der Waals surface area contributed by atoms with Crippen molar-refractivity contribution in [2.75, 3.05) is 7.11 Å². The number of ether oxygens (including phenoxy) is 1. The first-order chi connectivity index (χ1) is 16.4. The van der Waals surface area contributed by atoms with E-state index in [1.54, 1.807) is 0 Å². The van der Waals surface area contributed by atoms with Crippen LogP contribution in [0.25, 0.3) is 10.9 Å². The Bertz CT molecular complexity index is 1110. The van der Waals surface area contributed by atoms with Crippen LogP contribution >= 0.6 is 0 Å². The summed E-state index contributed by atoms with van der Waals surface area (Å²) in [6.45, 7) is 3.94. The van der Waals surface area contributed by atoms with Gasteiger partial charge in [-0.25, -0.2) is 4.79 Å². The molecule has 0 spiro atoms. The van der Waals surface area contributed by atoms with E-state index in [-0.39, 0.29) is 18.2 Å². The van der Waals surface area contributed by atoms with Crippen LogP contribution in [0.1, 0.15) is 37.8 Å². The van der Waals surface area contributed by atoms with Crippen molar-refractivity contribution in [3.63, 3.8) is 0 Å². The summed E-state index contributed by atoms with van der Waals surface area (Å²) >= 11 is 0. The minimum absolute atomic E-state index is 0.178. The number of rotatable bonds is 11. The Morgan fingerprint density at radius 3 is 2.35 bits per heavy atom. The second kappa shape index (κ2) is 12.0. The Hall–Kier alpha value is -3.61. The average Bonchev–Trinajstić information content (AvgIpc) is 3.24. The number of para-hydroxylation sites is 1. The summed E-state index contributed by atoms with van der Waals surface area (Å²) < 4.78 is 4.88. The smallest absolute Gasteiger partial charge is 0.328 e. The second-order valence-corrected chi connectivity index (χ2v) is 8.88. The summed E-state index contributed by atoms with van der Waals surface area (Å²) in [4.78, 5) is 41.5. The summed E-state index contributed by atoms with van der Waals surface area (Å²) in [5.74, 6) is -0.947. The summed E-state index contributed by atoms with van der Waals surface area (Å²) in [7, 11) is 1.30. The van der Waals surface area contributed by atoms with Crippen LogP contribution in [0, 0.1) is 5.92 Å². The zero-order chi connectivity index (χ0) is 24.5. The molecule has 180 valence electrons. The Labute approximate surface area is 200 Å². The first-order valence-corrected chi connectivity index (χ1v) is 11.6. The molecule has 1 aromatic heterocycles. The summed E-state index contributed by atoms with van der Waals surface area (Å²) in [5, 5.41) is 6.68. The van der Waals surface area contributed by atoms with E-state index in [1.165, 1.54) is 7.11 Å². The number of benzene rings is 2. The number of H-pyrrole nitrogens is 1. The average molecular weight is 464 g/mol. The number of methoxy groups -OCH3 is 1. The number of esters is 1. The lowest BCUT2D eigenvalue weighted by Crippen LogP contribution is -2.53. The van der Waals surface area contributed by atoms with Crippen LogP contribution in [0.15, 0.2) is 60.8 Å². The number of hydrogen-bond acceptors (Lipinski definition) is 4. The minimum atomic E-state index is -0.832. The Balaban J connectivity index is 1.76. The number of aryl methyl sites for hydroxylation is 1. The van der Waals surface area contributed by atoms with Crippen LogP contribution in [0.5, 0.6) is 0 Å². The summed E-state index contributed by atoms with van der Waals surface area (Å²) in [6, 6.07) is 15.9. The van der Waals surface area contributed by atoms with Crippen LogP contribution < -0.4 is 10.6 Å². The van der Waals surface area contributed by atoms with E-state index in [1.807, 2.05) is 74.6 Å².